The van der Waals surface area contributed by atoms with E-state index in [0.717, 1.165) is 5.56 Å². The molecule has 1 aliphatic rings. The van der Waals surface area contributed by atoms with E-state index < -0.39 is 5.41 Å². The molecule has 3 nitrogen and oxygen atoms in total. The lowest BCUT2D eigenvalue weighted by Crippen LogP contribution is -2.40. The van der Waals surface area contributed by atoms with Gasteiger partial charge in [0.2, 0.25) is 0 Å². The molecule has 0 aliphatic heterocycles. The average molecular weight is 250 g/mol. The molecule has 2 rings (SSSR count). The average Bonchev–Trinajstić information content (AvgIpc) is 2.27. The molecule has 88 valence electrons. The number of nitrogens with zero attached hydrogens (tertiary/aromatic N) is 1. The predicted octanol–water partition coefficient (Wildman–Crippen LogP) is 2.86. The second-order valence-electron chi connectivity index (χ2n) is 4.16. The maximum Gasteiger partial charge on any atom is 0.136 e. The van der Waals surface area contributed by atoms with Crippen molar-refractivity contribution in [2.24, 2.45) is 0 Å². The van der Waals surface area contributed by atoms with Crippen LogP contribution in [0.5, 0.6) is 5.75 Å². The molecule has 0 radical (unpaired) electrons. The van der Waals surface area contributed by atoms with Crippen LogP contribution < -0.4 is 4.74 Å². The van der Waals surface area contributed by atoms with Crippen LogP contribution in [-0.4, -0.2) is 12.4 Å². The molecule has 0 N–H and O–H groups in total. The summed E-state index contributed by atoms with van der Waals surface area (Å²) < 4.78 is 5.49. The highest BCUT2D eigenvalue weighted by atomic mass is 35.5. The smallest absolute Gasteiger partial charge is 0.136 e. The topological polar surface area (TPSA) is 50.1 Å². The Morgan fingerprint density at radius 1 is 1.53 bits per heavy atom. The van der Waals surface area contributed by atoms with Crippen LogP contribution in [0, 0.1) is 11.3 Å². The normalized spacial score (nSPS) is 17.1. The standard InChI is InChI=1S/C13H12ClNO2/c1-2-17-12-4-3-9(14)5-11(12)13(8-15)6-10(16)7-13/h3-5H,2,6-7H2,1H3. The quantitative estimate of drug-likeness (QED) is 0.828. The lowest BCUT2D eigenvalue weighted by molar-refractivity contribution is -0.126. The number of rotatable bonds is 3. The molecular formula is C13H12ClNO2. The number of nitriles is 1. The molecule has 0 spiro atoms. The zero-order chi connectivity index (χ0) is 12.5. The maximum absolute atomic E-state index is 11.2. The number of carbonyl (C=O) groups is 1. The summed E-state index contributed by atoms with van der Waals surface area (Å²) in [6, 6.07) is 7.43. The van der Waals surface area contributed by atoms with Crippen molar-refractivity contribution in [1.82, 2.24) is 0 Å². The number of ketones is 1. The number of halogens is 1. The predicted molar refractivity (Wildman–Crippen MR) is 64.2 cm³/mol. The molecule has 4 heteroatoms. The van der Waals surface area contributed by atoms with Crippen LogP contribution in [0.3, 0.4) is 0 Å². The van der Waals surface area contributed by atoms with Gasteiger partial charge < -0.3 is 4.74 Å². The summed E-state index contributed by atoms with van der Waals surface area (Å²) in [4.78, 5) is 11.2. The number of benzene rings is 1. The van der Waals surface area contributed by atoms with Gasteiger partial charge in [-0.2, -0.15) is 5.26 Å². The van der Waals surface area contributed by atoms with Gasteiger partial charge in [0.15, 0.2) is 0 Å². The Bertz CT molecular complexity index is 497. The molecule has 0 atom stereocenters. The van der Waals surface area contributed by atoms with Gasteiger partial charge in [0.25, 0.3) is 0 Å². The van der Waals surface area contributed by atoms with Gasteiger partial charge in [-0.05, 0) is 25.1 Å². The van der Waals surface area contributed by atoms with Crippen LogP contribution in [0.4, 0.5) is 0 Å². The van der Waals surface area contributed by atoms with Crippen molar-refractivity contribution in [1.29, 1.82) is 5.26 Å². The molecule has 0 saturated heterocycles. The fourth-order valence-corrected chi connectivity index (χ4v) is 2.28. The number of ether oxygens (including phenoxy) is 1. The third-order valence-corrected chi connectivity index (χ3v) is 3.20. The number of carbonyl (C=O) groups excluding carboxylic acids is 1. The van der Waals surface area contributed by atoms with Crippen LogP contribution >= 0.6 is 11.6 Å². The van der Waals surface area contributed by atoms with Crippen LogP contribution in [0.2, 0.25) is 5.02 Å². The van der Waals surface area contributed by atoms with E-state index in [0.29, 0.717) is 17.4 Å². The summed E-state index contributed by atoms with van der Waals surface area (Å²) in [5, 5.41) is 9.84. The molecule has 0 bridgehead atoms. The Labute approximate surface area is 105 Å². The highest BCUT2D eigenvalue weighted by molar-refractivity contribution is 6.30. The second-order valence-corrected chi connectivity index (χ2v) is 4.60. The molecule has 0 amide bonds. The van der Waals surface area contributed by atoms with Crippen molar-refractivity contribution < 1.29 is 9.53 Å². The highest BCUT2D eigenvalue weighted by Crippen LogP contribution is 2.45. The Balaban J connectivity index is 2.46. The third kappa shape index (κ3) is 2.01. The van der Waals surface area contributed by atoms with E-state index in [1.54, 1.807) is 18.2 Å². The zero-order valence-corrected chi connectivity index (χ0v) is 10.3. The largest absolute Gasteiger partial charge is 0.494 e. The minimum atomic E-state index is -0.744. The van der Waals surface area contributed by atoms with Gasteiger partial charge in [-0.3, -0.25) is 4.79 Å². The summed E-state index contributed by atoms with van der Waals surface area (Å²) in [6.07, 6.45) is 0.508. The molecule has 1 saturated carbocycles. The number of hydrogen-bond acceptors (Lipinski definition) is 3. The van der Waals surface area contributed by atoms with Crippen molar-refractivity contribution >= 4 is 17.4 Å². The fraction of sp³-hybridized carbons (Fsp3) is 0.385. The Kier molecular flexibility index (Phi) is 3.08. The van der Waals surface area contributed by atoms with E-state index in [4.69, 9.17) is 16.3 Å². The zero-order valence-electron chi connectivity index (χ0n) is 9.50. The third-order valence-electron chi connectivity index (χ3n) is 2.97. The van der Waals surface area contributed by atoms with Crippen LogP contribution in [0.1, 0.15) is 25.3 Å². The second kappa shape index (κ2) is 4.38. The molecule has 0 aromatic heterocycles. The first-order chi connectivity index (χ1) is 8.11. The number of hydrogen-bond donors (Lipinski definition) is 0. The SMILES string of the molecule is CCOc1ccc(Cl)cc1C1(C#N)CC(=O)C1. The van der Waals surface area contributed by atoms with Crippen molar-refractivity contribution in [2.45, 2.75) is 25.2 Å². The lowest BCUT2D eigenvalue weighted by atomic mass is 9.64. The minimum Gasteiger partial charge on any atom is -0.494 e. The molecule has 17 heavy (non-hydrogen) atoms. The summed E-state index contributed by atoms with van der Waals surface area (Å²) in [5.74, 6) is 0.750. The fourth-order valence-electron chi connectivity index (χ4n) is 2.11. The van der Waals surface area contributed by atoms with E-state index in [2.05, 4.69) is 6.07 Å². The van der Waals surface area contributed by atoms with Crippen molar-refractivity contribution in [3.63, 3.8) is 0 Å². The maximum atomic E-state index is 11.2. The molecule has 1 aromatic carbocycles. The Morgan fingerprint density at radius 2 is 2.24 bits per heavy atom. The molecule has 1 aliphatic carbocycles. The monoisotopic (exact) mass is 249 g/mol. The summed E-state index contributed by atoms with van der Waals surface area (Å²) in [5.41, 5.74) is -0.0131. The van der Waals surface area contributed by atoms with Gasteiger partial charge in [-0.1, -0.05) is 11.6 Å². The van der Waals surface area contributed by atoms with E-state index in [1.807, 2.05) is 6.92 Å². The van der Waals surface area contributed by atoms with Gasteiger partial charge in [-0.25, -0.2) is 0 Å². The lowest BCUT2D eigenvalue weighted by Gasteiger charge is -2.35. The first-order valence-corrected chi connectivity index (χ1v) is 5.85. The molecule has 0 unspecified atom stereocenters. The first-order valence-electron chi connectivity index (χ1n) is 5.47. The molecule has 1 aromatic rings. The van der Waals surface area contributed by atoms with Gasteiger partial charge in [-0.15, -0.1) is 0 Å². The first kappa shape index (κ1) is 11.9. The Hall–Kier alpha value is -1.53. The Morgan fingerprint density at radius 3 is 2.76 bits per heavy atom. The molecule has 0 heterocycles. The number of Topliss-reactive ketones (excluding diaryl/α,β-unsaturated/α-hetero) is 1. The van der Waals surface area contributed by atoms with Gasteiger partial charge in [0.05, 0.1) is 18.1 Å². The van der Waals surface area contributed by atoms with Crippen LogP contribution in [0.15, 0.2) is 18.2 Å². The van der Waals surface area contributed by atoms with E-state index >= 15 is 0 Å². The van der Waals surface area contributed by atoms with Crippen molar-refractivity contribution in [3.05, 3.63) is 28.8 Å². The molecule has 1 fully saturated rings. The van der Waals surface area contributed by atoms with Crippen LogP contribution in [0.25, 0.3) is 0 Å². The van der Waals surface area contributed by atoms with Gasteiger partial charge >= 0.3 is 0 Å². The highest BCUT2D eigenvalue weighted by Gasteiger charge is 2.47. The molecular weight excluding hydrogens is 238 g/mol. The van der Waals surface area contributed by atoms with Crippen molar-refractivity contribution in [3.8, 4) is 11.8 Å². The van der Waals surface area contributed by atoms with Crippen LogP contribution in [-0.2, 0) is 10.2 Å². The minimum absolute atomic E-state index is 0.106. The summed E-state index contributed by atoms with van der Waals surface area (Å²) >= 11 is 5.95. The van der Waals surface area contributed by atoms with E-state index in [-0.39, 0.29) is 18.6 Å². The van der Waals surface area contributed by atoms with E-state index in [1.165, 1.54) is 0 Å². The van der Waals surface area contributed by atoms with E-state index in [9.17, 15) is 10.1 Å². The van der Waals surface area contributed by atoms with Gasteiger partial charge in [0.1, 0.15) is 11.5 Å². The van der Waals surface area contributed by atoms with Crippen molar-refractivity contribution in [2.75, 3.05) is 6.61 Å². The summed E-state index contributed by atoms with van der Waals surface area (Å²) in [7, 11) is 0. The van der Waals surface area contributed by atoms with Gasteiger partial charge in [0, 0.05) is 23.4 Å². The summed E-state index contributed by atoms with van der Waals surface area (Å²) in [6.45, 7) is 2.40.